The number of benzene rings is 2. The van der Waals surface area contributed by atoms with Gasteiger partial charge in [0.05, 0.1) is 12.0 Å². The lowest BCUT2D eigenvalue weighted by Crippen LogP contribution is -2.31. The summed E-state index contributed by atoms with van der Waals surface area (Å²) >= 11 is 0. The first kappa shape index (κ1) is 21.4. The van der Waals surface area contributed by atoms with Crippen LogP contribution in [0.1, 0.15) is 50.5 Å². The Kier molecular flexibility index (Phi) is 6.36. The van der Waals surface area contributed by atoms with Crippen LogP contribution in [0.4, 0.5) is 13.2 Å². The Morgan fingerprint density at radius 2 is 1.76 bits per heavy atom. The van der Waals surface area contributed by atoms with Crippen molar-refractivity contribution in [1.29, 1.82) is 0 Å². The van der Waals surface area contributed by atoms with E-state index in [1.54, 1.807) is 0 Å². The normalized spacial score (nSPS) is 22.2. The number of aliphatic carboxylic acids is 1. The minimum Gasteiger partial charge on any atom is -0.490 e. The predicted octanol–water partition coefficient (Wildman–Crippen LogP) is 5.25. The molecule has 0 aliphatic heterocycles. The fourth-order valence-corrected chi connectivity index (χ4v) is 3.94. The number of nitrogens with two attached hydrogens (primary N) is 1. The summed E-state index contributed by atoms with van der Waals surface area (Å²) in [5.41, 5.74) is 6.64. The topological polar surface area (TPSA) is 72.6 Å². The van der Waals surface area contributed by atoms with E-state index in [0.29, 0.717) is 25.0 Å². The summed E-state index contributed by atoms with van der Waals surface area (Å²) in [6.07, 6.45) is -2.92. The Morgan fingerprint density at radius 1 is 1.14 bits per heavy atom. The number of ether oxygens (including phenoxy) is 1. The summed E-state index contributed by atoms with van der Waals surface area (Å²) in [6, 6.07) is 10.6. The third kappa shape index (κ3) is 5.41. The predicted molar refractivity (Wildman–Crippen MR) is 105 cm³/mol. The molecule has 1 saturated carbocycles. The fraction of sp³-hybridized carbons (Fsp3) is 0.500. The largest absolute Gasteiger partial charge is 0.490 e. The first-order valence-corrected chi connectivity index (χ1v) is 9.89. The summed E-state index contributed by atoms with van der Waals surface area (Å²) in [6.45, 7) is 1.94. The zero-order chi connectivity index (χ0) is 21.2. The number of fused-ring (bicyclic) bond motifs is 1. The lowest BCUT2D eigenvalue weighted by Gasteiger charge is -2.30. The molecule has 3 N–H and O–H groups in total. The van der Waals surface area contributed by atoms with Crippen molar-refractivity contribution in [3.05, 3.63) is 42.0 Å². The molecule has 0 bridgehead atoms. The maximum Gasteiger partial charge on any atom is 0.391 e. The van der Waals surface area contributed by atoms with Crippen molar-refractivity contribution < 1.29 is 27.8 Å². The monoisotopic (exact) mass is 409 g/mol. The van der Waals surface area contributed by atoms with E-state index in [0.717, 1.165) is 16.3 Å². The zero-order valence-corrected chi connectivity index (χ0v) is 16.3. The number of carboxylic acids is 1. The third-order valence-electron chi connectivity index (χ3n) is 5.77. The van der Waals surface area contributed by atoms with Gasteiger partial charge in [-0.3, -0.25) is 4.79 Å². The average Bonchev–Trinajstić information content (AvgIpc) is 2.67. The van der Waals surface area contributed by atoms with Gasteiger partial charge in [0.1, 0.15) is 11.8 Å². The van der Waals surface area contributed by atoms with Crippen molar-refractivity contribution in [3.63, 3.8) is 0 Å². The van der Waals surface area contributed by atoms with E-state index < -0.39 is 24.1 Å². The number of hydrogen-bond donors (Lipinski definition) is 2. The first-order valence-electron chi connectivity index (χ1n) is 9.89. The van der Waals surface area contributed by atoms with E-state index in [4.69, 9.17) is 15.6 Å². The SMILES string of the molecule is CC(CC(N)C(=O)O)c1ccc2cc(O[C@H]3CC[C@H](C(F)(F)F)CC3)ccc2c1. The molecule has 0 spiro atoms. The molecule has 0 saturated heterocycles. The Bertz CT molecular complexity index is 860. The molecule has 2 aromatic rings. The van der Waals surface area contributed by atoms with Gasteiger partial charge in [-0.05, 0) is 66.5 Å². The second-order valence-corrected chi connectivity index (χ2v) is 7.98. The second-order valence-electron chi connectivity index (χ2n) is 7.98. The van der Waals surface area contributed by atoms with Crippen molar-refractivity contribution in [3.8, 4) is 5.75 Å². The van der Waals surface area contributed by atoms with Crippen molar-refractivity contribution >= 4 is 16.7 Å². The second kappa shape index (κ2) is 8.61. The van der Waals surface area contributed by atoms with Gasteiger partial charge >= 0.3 is 12.1 Å². The number of alkyl halides is 3. The van der Waals surface area contributed by atoms with Crippen LogP contribution in [0, 0.1) is 5.92 Å². The summed E-state index contributed by atoms with van der Waals surface area (Å²) in [5, 5.41) is 10.9. The third-order valence-corrected chi connectivity index (χ3v) is 5.77. The number of carboxylic acid groups (broad SMARTS) is 1. The average molecular weight is 409 g/mol. The van der Waals surface area contributed by atoms with Crippen LogP contribution in [-0.4, -0.2) is 29.4 Å². The highest BCUT2D eigenvalue weighted by Crippen LogP contribution is 2.38. The lowest BCUT2D eigenvalue weighted by atomic mass is 9.87. The van der Waals surface area contributed by atoms with Crippen molar-refractivity contribution in [2.75, 3.05) is 0 Å². The van der Waals surface area contributed by atoms with Crippen LogP contribution in [0.5, 0.6) is 5.75 Å². The van der Waals surface area contributed by atoms with Crippen LogP contribution < -0.4 is 10.5 Å². The number of rotatable bonds is 6. The van der Waals surface area contributed by atoms with Crippen LogP contribution in [0.15, 0.2) is 36.4 Å². The first-order chi connectivity index (χ1) is 13.6. The van der Waals surface area contributed by atoms with Crippen molar-refractivity contribution in [1.82, 2.24) is 0 Å². The van der Waals surface area contributed by atoms with Gasteiger partial charge in [0.15, 0.2) is 0 Å². The molecule has 2 unspecified atom stereocenters. The highest BCUT2D eigenvalue weighted by molar-refractivity contribution is 5.84. The van der Waals surface area contributed by atoms with E-state index in [2.05, 4.69) is 0 Å². The Labute approximate surface area is 167 Å². The van der Waals surface area contributed by atoms with Crippen molar-refractivity contribution in [2.24, 2.45) is 11.7 Å². The number of hydrogen-bond acceptors (Lipinski definition) is 3. The molecule has 0 heterocycles. The van der Waals surface area contributed by atoms with Gasteiger partial charge in [-0.15, -0.1) is 0 Å². The van der Waals surface area contributed by atoms with Crippen LogP contribution >= 0.6 is 0 Å². The van der Waals surface area contributed by atoms with Gasteiger partial charge in [0, 0.05) is 0 Å². The summed E-state index contributed by atoms with van der Waals surface area (Å²) in [7, 11) is 0. The van der Waals surface area contributed by atoms with E-state index >= 15 is 0 Å². The number of carbonyl (C=O) groups is 1. The van der Waals surface area contributed by atoms with E-state index in [-0.39, 0.29) is 24.9 Å². The molecular formula is C22H26F3NO3. The molecule has 2 atom stereocenters. The molecule has 2 aromatic carbocycles. The number of halogens is 3. The molecule has 0 amide bonds. The zero-order valence-electron chi connectivity index (χ0n) is 16.3. The molecule has 1 fully saturated rings. The van der Waals surface area contributed by atoms with Crippen LogP contribution in [0.3, 0.4) is 0 Å². The Hall–Kier alpha value is -2.28. The molecule has 0 radical (unpaired) electrons. The molecule has 158 valence electrons. The minimum absolute atomic E-state index is 0.00486. The molecule has 3 rings (SSSR count). The summed E-state index contributed by atoms with van der Waals surface area (Å²) in [5.74, 6) is -1.57. The van der Waals surface area contributed by atoms with E-state index in [1.165, 1.54) is 0 Å². The maximum absolute atomic E-state index is 12.8. The highest BCUT2D eigenvalue weighted by atomic mass is 19.4. The smallest absolute Gasteiger partial charge is 0.391 e. The quantitative estimate of drug-likeness (QED) is 0.684. The van der Waals surface area contributed by atoms with Crippen molar-refractivity contribution in [2.45, 2.75) is 63.3 Å². The molecule has 0 aromatic heterocycles. The molecule has 1 aliphatic carbocycles. The van der Waals surface area contributed by atoms with Gasteiger partial charge in [-0.2, -0.15) is 13.2 Å². The molecule has 4 nitrogen and oxygen atoms in total. The fourth-order valence-electron chi connectivity index (χ4n) is 3.94. The Balaban J connectivity index is 1.64. The summed E-state index contributed by atoms with van der Waals surface area (Å²) < 4.78 is 44.3. The van der Waals surface area contributed by atoms with Gasteiger partial charge in [-0.1, -0.05) is 31.2 Å². The minimum atomic E-state index is -4.11. The van der Waals surface area contributed by atoms with E-state index in [1.807, 2.05) is 43.3 Å². The van der Waals surface area contributed by atoms with Gasteiger partial charge < -0.3 is 15.6 Å². The van der Waals surface area contributed by atoms with E-state index in [9.17, 15) is 18.0 Å². The summed E-state index contributed by atoms with van der Waals surface area (Å²) in [4.78, 5) is 11.0. The van der Waals surface area contributed by atoms with Crippen LogP contribution in [0.2, 0.25) is 0 Å². The molecule has 29 heavy (non-hydrogen) atoms. The molecular weight excluding hydrogens is 383 g/mol. The highest BCUT2D eigenvalue weighted by Gasteiger charge is 2.41. The molecule has 1 aliphatic rings. The maximum atomic E-state index is 12.8. The van der Waals surface area contributed by atoms with Crippen LogP contribution in [0.25, 0.3) is 10.8 Å². The standard InChI is InChI=1S/C22H26F3NO3/c1-13(10-20(26)21(27)28)14-2-3-16-12-19(7-4-15(16)11-14)29-18-8-5-17(6-9-18)22(23,24)25/h2-4,7,11-13,17-18,20H,5-6,8-10,26H2,1H3,(H,27,28)/t13?,17-,18-,20?. The van der Waals surface area contributed by atoms with Gasteiger partial charge in [0.2, 0.25) is 0 Å². The lowest BCUT2D eigenvalue weighted by molar-refractivity contribution is -0.185. The Morgan fingerprint density at radius 3 is 2.38 bits per heavy atom. The van der Waals surface area contributed by atoms with Gasteiger partial charge in [-0.25, -0.2) is 0 Å². The van der Waals surface area contributed by atoms with Crippen LogP contribution in [-0.2, 0) is 4.79 Å². The van der Waals surface area contributed by atoms with Gasteiger partial charge in [0.25, 0.3) is 0 Å². The molecule has 7 heteroatoms.